The van der Waals surface area contributed by atoms with Gasteiger partial charge in [-0.15, -0.1) is 11.3 Å². The van der Waals surface area contributed by atoms with E-state index in [2.05, 4.69) is 4.72 Å². The van der Waals surface area contributed by atoms with Crippen molar-refractivity contribution in [1.82, 2.24) is 9.62 Å². The monoisotopic (exact) mass is 398 g/mol. The Labute approximate surface area is 156 Å². The number of halogens is 1. The minimum atomic E-state index is -3.80. The van der Waals surface area contributed by atoms with Crippen molar-refractivity contribution in [2.75, 3.05) is 13.1 Å². The molecule has 0 radical (unpaired) electrons. The summed E-state index contributed by atoms with van der Waals surface area (Å²) in [6, 6.07) is 11.6. The lowest BCUT2D eigenvalue weighted by atomic mass is 10.1. The van der Waals surface area contributed by atoms with Crippen LogP contribution in [0.25, 0.3) is 0 Å². The first-order valence-corrected chi connectivity index (χ1v) is 10.7. The highest BCUT2D eigenvalue weighted by atomic mass is 35.5. The Balaban J connectivity index is 1.83. The van der Waals surface area contributed by atoms with Crippen LogP contribution in [0.1, 0.15) is 18.4 Å². The van der Waals surface area contributed by atoms with E-state index >= 15 is 0 Å². The van der Waals surface area contributed by atoms with Gasteiger partial charge in [-0.05, 0) is 37.0 Å². The molecule has 1 aromatic heterocycles. The van der Waals surface area contributed by atoms with E-state index in [1.807, 2.05) is 30.3 Å². The Morgan fingerprint density at radius 3 is 2.44 bits per heavy atom. The van der Waals surface area contributed by atoms with Crippen molar-refractivity contribution in [2.45, 2.75) is 29.5 Å². The van der Waals surface area contributed by atoms with E-state index in [9.17, 15) is 13.2 Å². The van der Waals surface area contributed by atoms with Gasteiger partial charge in [-0.1, -0.05) is 41.9 Å². The summed E-state index contributed by atoms with van der Waals surface area (Å²) in [6.45, 7) is 1.35. The number of likely N-dealkylation sites (tertiary alicyclic amines) is 1. The summed E-state index contributed by atoms with van der Waals surface area (Å²) in [5, 5.41) is 0. The van der Waals surface area contributed by atoms with Crippen molar-refractivity contribution in [2.24, 2.45) is 0 Å². The van der Waals surface area contributed by atoms with E-state index in [0.29, 0.717) is 23.8 Å². The van der Waals surface area contributed by atoms with E-state index < -0.39 is 16.1 Å². The van der Waals surface area contributed by atoms with Gasteiger partial charge in [0.2, 0.25) is 5.91 Å². The fourth-order valence-corrected chi connectivity index (χ4v) is 5.56. The van der Waals surface area contributed by atoms with Gasteiger partial charge in [0.1, 0.15) is 10.3 Å². The molecule has 0 saturated carbocycles. The topological polar surface area (TPSA) is 66.5 Å². The number of thiophene rings is 1. The predicted octanol–water partition coefficient (Wildman–Crippen LogP) is 2.91. The number of nitrogens with zero attached hydrogens (tertiary/aromatic N) is 1. The molecule has 1 aromatic carbocycles. The third kappa shape index (κ3) is 4.61. The van der Waals surface area contributed by atoms with Crippen LogP contribution in [0.4, 0.5) is 0 Å². The van der Waals surface area contributed by atoms with Crippen LogP contribution in [0.5, 0.6) is 0 Å². The molecule has 1 fully saturated rings. The number of nitrogens with one attached hydrogen (secondary N) is 1. The molecule has 0 unspecified atom stereocenters. The highest BCUT2D eigenvalue weighted by Gasteiger charge is 2.31. The molecule has 1 amide bonds. The smallest absolute Gasteiger partial charge is 0.250 e. The largest absolute Gasteiger partial charge is 0.341 e. The highest BCUT2D eigenvalue weighted by molar-refractivity contribution is 7.91. The number of amides is 1. The van der Waals surface area contributed by atoms with Gasteiger partial charge in [0.25, 0.3) is 10.0 Å². The first kappa shape index (κ1) is 18.4. The van der Waals surface area contributed by atoms with Crippen LogP contribution >= 0.6 is 22.9 Å². The zero-order chi connectivity index (χ0) is 17.9. The summed E-state index contributed by atoms with van der Waals surface area (Å²) < 4.78 is 28.4. The van der Waals surface area contributed by atoms with Crippen molar-refractivity contribution < 1.29 is 13.2 Å². The van der Waals surface area contributed by atoms with E-state index in [1.165, 1.54) is 12.1 Å². The molecule has 5 nitrogen and oxygen atoms in total. The standard InChI is InChI=1S/C17H19ClN2O3S2/c18-15-8-9-16(24-15)25(22,23)19-14(12-13-6-2-1-3-7-13)17(21)20-10-4-5-11-20/h1-3,6-9,14,19H,4-5,10-12H2/t14-/m0/s1. The number of carbonyl (C=O) groups excluding carboxylic acids is 1. The first-order chi connectivity index (χ1) is 12.0. The molecule has 1 atom stereocenters. The molecular weight excluding hydrogens is 380 g/mol. The van der Waals surface area contributed by atoms with Crippen molar-refractivity contribution in [1.29, 1.82) is 0 Å². The summed E-state index contributed by atoms with van der Waals surface area (Å²) in [5.74, 6) is -0.174. The summed E-state index contributed by atoms with van der Waals surface area (Å²) >= 11 is 6.83. The van der Waals surface area contributed by atoms with E-state index in [-0.39, 0.29) is 10.1 Å². The summed E-state index contributed by atoms with van der Waals surface area (Å²) in [6.07, 6.45) is 2.22. The normalized spacial score (nSPS) is 16.1. The molecule has 2 aromatic rings. The molecule has 134 valence electrons. The van der Waals surface area contributed by atoms with Crippen molar-refractivity contribution in [3.8, 4) is 0 Å². The lowest BCUT2D eigenvalue weighted by molar-refractivity contribution is -0.131. The average molecular weight is 399 g/mol. The van der Waals surface area contributed by atoms with Gasteiger partial charge < -0.3 is 4.90 Å². The number of hydrogen-bond acceptors (Lipinski definition) is 4. The van der Waals surface area contributed by atoms with Crippen molar-refractivity contribution >= 4 is 38.9 Å². The second kappa shape index (κ2) is 7.86. The van der Waals surface area contributed by atoms with Crippen molar-refractivity contribution in [3.05, 3.63) is 52.4 Å². The third-order valence-electron chi connectivity index (χ3n) is 4.11. The first-order valence-electron chi connectivity index (χ1n) is 8.06. The number of carbonyl (C=O) groups is 1. The van der Waals surface area contributed by atoms with Gasteiger partial charge in [-0.3, -0.25) is 4.79 Å². The Morgan fingerprint density at radius 1 is 1.16 bits per heavy atom. The second-order valence-electron chi connectivity index (χ2n) is 5.95. The molecule has 8 heteroatoms. The molecule has 1 N–H and O–H groups in total. The van der Waals surface area contributed by atoms with Crippen LogP contribution in [-0.2, 0) is 21.2 Å². The fraction of sp³-hybridized carbons (Fsp3) is 0.353. The zero-order valence-corrected chi connectivity index (χ0v) is 15.9. The van der Waals surface area contributed by atoms with Crippen LogP contribution in [0.15, 0.2) is 46.7 Å². The number of benzene rings is 1. The van der Waals surface area contributed by atoms with Gasteiger partial charge in [0.15, 0.2) is 0 Å². The van der Waals surface area contributed by atoms with E-state index in [4.69, 9.17) is 11.6 Å². The maximum Gasteiger partial charge on any atom is 0.250 e. The molecule has 0 bridgehead atoms. The van der Waals surface area contributed by atoms with E-state index in [1.54, 1.807) is 4.90 Å². The maximum absolute atomic E-state index is 12.8. The van der Waals surface area contributed by atoms with Crippen LogP contribution in [0.2, 0.25) is 4.34 Å². The molecule has 1 aliphatic heterocycles. The second-order valence-corrected chi connectivity index (χ2v) is 9.61. The average Bonchev–Trinajstić information content (AvgIpc) is 3.26. The van der Waals surface area contributed by atoms with Gasteiger partial charge in [-0.2, -0.15) is 4.72 Å². The van der Waals surface area contributed by atoms with Crippen LogP contribution in [0, 0.1) is 0 Å². The Morgan fingerprint density at radius 2 is 1.84 bits per heavy atom. The molecule has 0 aliphatic carbocycles. The third-order valence-corrected chi connectivity index (χ3v) is 7.30. The van der Waals surface area contributed by atoms with Gasteiger partial charge in [-0.25, -0.2) is 8.42 Å². The lowest BCUT2D eigenvalue weighted by Gasteiger charge is -2.24. The maximum atomic E-state index is 12.8. The quantitative estimate of drug-likeness (QED) is 0.813. The number of rotatable bonds is 6. The zero-order valence-electron chi connectivity index (χ0n) is 13.5. The van der Waals surface area contributed by atoms with Crippen LogP contribution in [-0.4, -0.2) is 38.4 Å². The van der Waals surface area contributed by atoms with Crippen LogP contribution in [0.3, 0.4) is 0 Å². The Bertz CT molecular complexity index is 831. The van der Waals surface area contributed by atoms with Gasteiger partial charge in [0, 0.05) is 13.1 Å². The Hall–Kier alpha value is -1.41. The molecule has 1 aliphatic rings. The fourth-order valence-electron chi connectivity index (χ4n) is 2.87. The van der Waals surface area contributed by atoms with Gasteiger partial charge in [0.05, 0.1) is 4.34 Å². The molecule has 2 heterocycles. The summed E-state index contributed by atoms with van der Waals surface area (Å²) in [7, 11) is -3.80. The van der Waals surface area contributed by atoms with Crippen LogP contribution < -0.4 is 4.72 Å². The Kier molecular flexibility index (Phi) is 5.78. The predicted molar refractivity (Wildman–Crippen MR) is 99.4 cm³/mol. The molecule has 1 saturated heterocycles. The minimum absolute atomic E-state index is 0.116. The molecule has 3 rings (SSSR count). The van der Waals surface area contributed by atoms with Gasteiger partial charge >= 0.3 is 0 Å². The minimum Gasteiger partial charge on any atom is -0.341 e. The van der Waals surface area contributed by atoms with Crippen molar-refractivity contribution in [3.63, 3.8) is 0 Å². The summed E-state index contributed by atoms with van der Waals surface area (Å²) in [4.78, 5) is 14.6. The highest BCUT2D eigenvalue weighted by Crippen LogP contribution is 2.26. The van der Waals surface area contributed by atoms with E-state index in [0.717, 1.165) is 29.7 Å². The lowest BCUT2D eigenvalue weighted by Crippen LogP contribution is -2.48. The summed E-state index contributed by atoms with van der Waals surface area (Å²) in [5.41, 5.74) is 0.909. The molecule has 0 spiro atoms. The number of hydrogen-bond donors (Lipinski definition) is 1. The molecule has 25 heavy (non-hydrogen) atoms. The molecular formula is C17H19ClN2O3S2. The number of sulfonamides is 1. The SMILES string of the molecule is O=C([C@H](Cc1ccccc1)NS(=O)(=O)c1ccc(Cl)s1)N1CCCC1.